The summed E-state index contributed by atoms with van der Waals surface area (Å²) in [5.74, 6) is 0.0329. The zero-order valence-corrected chi connectivity index (χ0v) is 18.7. The third-order valence-electron chi connectivity index (χ3n) is 5.22. The van der Waals surface area contributed by atoms with Crippen LogP contribution in [0.1, 0.15) is 31.2 Å². The van der Waals surface area contributed by atoms with Gasteiger partial charge < -0.3 is 10.1 Å². The summed E-state index contributed by atoms with van der Waals surface area (Å²) in [5, 5.41) is 3.25. The van der Waals surface area contributed by atoms with Gasteiger partial charge in [-0.25, -0.2) is 4.98 Å². The fraction of sp³-hybridized carbons (Fsp3) is 0.167. The molecule has 4 rings (SSSR count). The molecule has 0 aliphatic rings. The molecule has 2 heterocycles. The minimum atomic E-state index is -0.352. The molecule has 0 atom stereocenters. The average Bonchev–Trinajstić information content (AvgIpc) is 3.14. The van der Waals surface area contributed by atoms with E-state index in [-0.39, 0.29) is 23.8 Å². The van der Waals surface area contributed by atoms with E-state index in [1.165, 1.54) is 18.0 Å². The van der Waals surface area contributed by atoms with Crippen molar-refractivity contribution in [3.63, 3.8) is 0 Å². The molecule has 0 saturated carbocycles. The summed E-state index contributed by atoms with van der Waals surface area (Å²) < 4.78 is 6.43. The number of aromatic nitrogens is 2. The minimum Gasteiger partial charge on any atom is -0.497 e. The Bertz CT molecular complexity index is 1400. The zero-order valence-electron chi connectivity index (χ0n) is 17.8. The van der Waals surface area contributed by atoms with E-state index in [0.29, 0.717) is 37.7 Å². The zero-order chi connectivity index (χ0) is 22.8. The lowest BCUT2D eigenvalue weighted by atomic mass is 10.1. The fourth-order valence-electron chi connectivity index (χ4n) is 3.42. The molecule has 8 heteroatoms. The van der Waals surface area contributed by atoms with Crippen molar-refractivity contribution in [3.8, 4) is 5.75 Å². The van der Waals surface area contributed by atoms with Crippen LogP contribution >= 0.6 is 11.3 Å². The van der Waals surface area contributed by atoms with Gasteiger partial charge in [0, 0.05) is 11.3 Å². The highest BCUT2D eigenvalue weighted by Gasteiger charge is 2.21. The van der Waals surface area contributed by atoms with Crippen LogP contribution in [0.2, 0.25) is 0 Å². The van der Waals surface area contributed by atoms with Gasteiger partial charge in [0.15, 0.2) is 5.78 Å². The standard InChI is InChI=1S/C24H21N3O4S/c1-14-7-4-5-10-18(14)26-22(29)21-15(2)20-23(32-21)25-13-27(24(20)30)12-19(28)16-8-6-9-17(11-16)31-3/h4-11,13H,12H2,1-3H3,(H,26,29). The van der Waals surface area contributed by atoms with Crippen LogP contribution < -0.4 is 15.6 Å². The first kappa shape index (κ1) is 21.5. The number of Topliss-reactive ketones (excluding diaryl/α,β-unsaturated/α-hetero) is 1. The molecule has 2 aromatic heterocycles. The molecule has 4 aromatic rings. The molecular weight excluding hydrogens is 426 g/mol. The molecule has 0 bridgehead atoms. The molecule has 7 nitrogen and oxygen atoms in total. The second-order valence-electron chi connectivity index (χ2n) is 7.34. The van der Waals surface area contributed by atoms with Crippen molar-refractivity contribution in [2.45, 2.75) is 20.4 Å². The van der Waals surface area contributed by atoms with Crippen LogP contribution in [0.3, 0.4) is 0 Å². The average molecular weight is 448 g/mol. The molecule has 0 fully saturated rings. The second kappa shape index (κ2) is 8.76. The van der Waals surface area contributed by atoms with Crippen molar-refractivity contribution in [2.24, 2.45) is 0 Å². The van der Waals surface area contributed by atoms with Crippen LogP contribution in [0.5, 0.6) is 5.75 Å². The second-order valence-corrected chi connectivity index (χ2v) is 8.34. The van der Waals surface area contributed by atoms with Crippen LogP contribution in [0.4, 0.5) is 5.69 Å². The van der Waals surface area contributed by atoms with E-state index in [1.54, 1.807) is 31.2 Å². The number of ether oxygens (including phenoxy) is 1. The maximum absolute atomic E-state index is 13.1. The summed E-state index contributed by atoms with van der Waals surface area (Å²) in [6, 6.07) is 14.2. The molecule has 32 heavy (non-hydrogen) atoms. The largest absolute Gasteiger partial charge is 0.497 e. The van der Waals surface area contributed by atoms with E-state index in [1.807, 2.05) is 31.2 Å². The van der Waals surface area contributed by atoms with Gasteiger partial charge in [-0.15, -0.1) is 11.3 Å². The Hall–Kier alpha value is -3.78. The Balaban J connectivity index is 1.65. The summed E-state index contributed by atoms with van der Waals surface area (Å²) in [6.07, 6.45) is 1.35. The third kappa shape index (κ3) is 4.04. The van der Waals surface area contributed by atoms with Crippen molar-refractivity contribution >= 4 is 38.9 Å². The number of fused-ring (bicyclic) bond motifs is 1. The van der Waals surface area contributed by atoms with E-state index >= 15 is 0 Å². The SMILES string of the molecule is COc1cccc(C(=O)Cn2cnc3sc(C(=O)Nc4ccccc4C)c(C)c3c2=O)c1. The predicted molar refractivity (Wildman–Crippen MR) is 125 cm³/mol. The number of carbonyl (C=O) groups excluding carboxylic acids is 2. The topological polar surface area (TPSA) is 90.3 Å². The third-order valence-corrected chi connectivity index (χ3v) is 6.42. The lowest BCUT2D eigenvalue weighted by molar-refractivity contribution is 0.0969. The van der Waals surface area contributed by atoms with Gasteiger partial charge in [0.25, 0.3) is 11.5 Å². The number of hydrogen-bond donors (Lipinski definition) is 1. The molecule has 0 spiro atoms. The Kier molecular flexibility index (Phi) is 5.87. The monoisotopic (exact) mass is 447 g/mol. The Morgan fingerprint density at radius 2 is 1.91 bits per heavy atom. The first-order chi connectivity index (χ1) is 15.4. The van der Waals surface area contributed by atoms with Gasteiger partial charge >= 0.3 is 0 Å². The van der Waals surface area contributed by atoms with E-state index < -0.39 is 0 Å². The van der Waals surface area contributed by atoms with Crippen molar-refractivity contribution in [1.82, 2.24) is 9.55 Å². The number of rotatable bonds is 6. The lowest BCUT2D eigenvalue weighted by Gasteiger charge is -2.07. The van der Waals surface area contributed by atoms with Crippen LogP contribution in [0.15, 0.2) is 59.7 Å². The summed E-state index contributed by atoms with van der Waals surface area (Å²) in [6.45, 7) is 3.48. The Morgan fingerprint density at radius 1 is 1.12 bits per heavy atom. The number of anilines is 1. The Morgan fingerprint density at radius 3 is 2.66 bits per heavy atom. The van der Waals surface area contributed by atoms with Crippen LogP contribution in [0, 0.1) is 13.8 Å². The van der Waals surface area contributed by atoms with Crippen LogP contribution in [-0.4, -0.2) is 28.4 Å². The number of hydrogen-bond acceptors (Lipinski definition) is 6. The smallest absolute Gasteiger partial charge is 0.266 e. The van der Waals surface area contributed by atoms with Gasteiger partial charge in [-0.2, -0.15) is 0 Å². The number of thiophene rings is 1. The highest BCUT2D eigenvalue weighted by atomic mass is 32.1. The number of methoxy groups -OCH3 is 1. The summed E-state index contributed by atoms with van der Waals surface area (Å²) in [5.41, 5.74) is 2.29. The van der Waals surface area contributed by atoms with Gasteiger partial charge in [-0.1, -0.05) is 30.3 Å². The molecular formula is C24H21N3O4S. The van der Waals surface area contributed by atoms with Gasteiger partial charge in [0.1, 0.15) is 10.6 Å². The number of aryl methyl sites for hydroxylation is 2. The minimum absolute atomic E-state index is 0.158. The molecule has 1 N–H and O–H groups in total. The summed E-state index contributed by atoms with van der Waals surface area (Å²) >= 11 is 1.16. The molecule has 162 valence electrons. The Labute approximate surface area is 188 Å². The van der Waals surface area contributed by atoms with Crippen LogP contribution in [0.25, 0.3) is 10.2 Å². The number of nitrogens with zero attached hydrogens (tertiary/aromatic N) is 2. The first-order valence-electron chi connectivity index (χ1n) is 9.92. The maximum Gasteiger partial charge on any atom is 0.266 e. The number of ketones is 1. The van der Waals surface area contributed by atoms with Gasteiger partial charge in [-0.05, 0) is 43.2 Å². The summed E-state index contributed by atoms with van der Waals surface area (Å²) in [4.78, 5) is 43.9. The van der Waals surface area contributed by atoms with Gasteiger partial charge in [0.05, 0.1) is 30.2 Å². The molecule has 0 unspecified atom stereocenters. The number of nitrogens with one attached hydrogen (secondary N) is 1. The highest BCUT2D eigenvalue weighted by Crippen LogP contribution is 2.28. The molecule has 0 aliphatic heterocycles. The number of benzene rings is 2. The van der Waals surface area contributed by atoms with Crippen LogP contribution in [-0.2, 0) is 6.54 Å². The fourth-order valence-corrected chi connectivity index (χ4v) is 4.46. The molecule has 0 aliphatic carbocycles. The van der Waals surface area contributed by atoms with Crippen molar-refractivity contribution in [3.05, 3.63) is 86.8 Å². The quantitative estimate of drug-likeness (QED) is 0.447. The molecule has 0 saturated heterocycles. The normalized spacial score (nSPS) is 10.8. The van der Waals surface area contributed by atoms with E-state index in [2.05, 4.69) is 10.3 Å². The van der Waals surface area contributed by atoms with Crippen molar-refractivity contribution in [2.75, 3.05) is 12.4 Å². The first-order valence-corrected chi connectivity index (χ1v) is 10.7. The number of amides is 1. The highest BCUT2D eigenvalue weighted by molar-refractivity contribution is 7.20. The van der Waals surface area contributed by atoms with Gasteiger partial charge in [0.2, 0.25) is 0 Å². The molecule has 1 amide bonds. The predicted octanol–water partition coefficient (Wildman–Crippen LogP) is 4.22. The maximum atomic E-state index is 13.1. The summed E-state index contributed by atoms with van der Waals surface area (Å²) in [7, 11) is 1.53. The molecule has 0 radical (unpaired) electrons. The van der Waals surface area contributed by atoms with E-state index in [4.69, 9.17) is 4.74 Å². The van der Waals surface area contributed by atoms with Crippen molar-refractivity contribution in [1.29, 1.82) is 0 Å². The van der Waals surface area contributed by atoms with E-state index in [0.717, 1.165) is 16.9 Å². The molecule has 2 aromatic carbocycles. The van der Waals surface area contributed by atoms with Crippen molar-refractivity contribution < 1.29 is 14.3 Å². The number of carbonyl (C=O) groups is 2. The lowest BCUT2D eigenvalue weighted by Crippen LogP contribution is -2.24. The number of para-hydroxylation sites is 1. The van der Waals surface area contributed by atoms with Gasteiger partial charge in [-0.3, -0.25) is 19.0 Å². The van der Waals surface area contributed by atoms with E-state index in [9.17, 15) is 14.4 Å².